The summed E-state index contributed by atoms with van der Waals surface area (Å²) in [5, 5.41) is 0.345. The topological polar surface area (TPSA) is 55.8 Å². The maximum atomic E-state index is 12.8. The van der Waals surface area contributed by atoms with E-state index in [1.54, 1.807) is 44.4 Å². The molecule has 0 aliphatic carbocycles. The molecule has 0 amide bonds. The predicted molar refractivity (Wildman–Crippen MR) is 91.3 cm³/mol. The van der Waals surface area contributed by atoms with Gasteiger partial charge in [-0.15, -0.1) is 0 Å². The van der Waals surface area contributed by atoms with Gasteiger partial charge >= 0.3 is 0 Å². The lowest BCUT2D eigenvalue weighted by molar-refractivity contribution is 0.411. The summed E-state index contributed by atoms with van der Waals surface area (Å²) in [7, 11) is 0.827. The van der Waals surface area contributed by atoms with E-state index in [0.717, 1.165) is 5.56 Å². The van der Waals surface area contributed by atoms with E-state index >= 15 is 0 Å². The van der Waals surface area contributed by atoms with E-state index in [1.807, 2.05) is 0 Å². The molecular weight excluding hydrogens is 338 g/mol. The van der Waals surface area contributed by atoms with Gasteiger partial charge in [0.15, 0.2) is 0 Å². The number of aryl methyl sites for hydroxylation is 1. The Balaban J connectivity index is 2.42. The van der Waals surface area contributed by atoms with E-state index in [-0.39, 0.29) is 4.90 Å². The van der Waals surface area contributed by atoms with Gasteiger partial charge in [-0.2, -0.15) is 0 Å². The summed E-state index contributed by atoms with van der Waals surface area (Å²) in [6.07, 6.45) is 0. The molecule has 0 heterocycles. The molecule has 124 valence electrons. The maximum Gasteiger partial charge on any atom is 0.264 e. The molecule has 0 aliphatic heterocycles. The first-order valence-electron chi connectivity index (χ1n) is 6.78. The Morgan fingerprint density at radius 2 is 1.61 bits per heavy atom. The third-order valence-corrected chi connectivity index (χ3v) is 5.60. The lowest BCUT2D eigenvalue weighted by Gasteiger charge is -2.21. The highest BCUT2D eigenvalue weighted by Crippen LogP contribution is 2.31. The molecule has 0 radical (unpaired) electrons. The Morgan fingerprint density at radius 3 is 2.13 bits per heavy atom. The standard InChI is InChI=1S/C16H18ClNO4S/c1-11-9-13(6-8-15(11)21-3)23(19,20)18(2)12-5-7-16(22-4)14(17)10-12/h5-10H,1-4H3. The van der Waals surface area contributed by atoms with E-state index in [0.29, 0.717) is 22.2 Å². The van der Waals surface area contributed by atoms with Gasteiger partial charge in [-0.05, 0) is 48.9 Å². The summed E-state index contributed by atoms with van der Waals surface area (Å²) >= 11 is 6.07. The second-order valence-electron chi connectivity index (χ2n) is 4.92. The summed E-state index contributed by atoms with van der Waals surface area (Å²) < 4.78 is 36.9. The predicted octanol–water partition coefficient (Wildman–Crippen LogP) is 3.49. The number of hydrogen-bond acceptors (Lipinski definition) is 4. The normalized spacial score (nSPS) is 11.2. The van der Waals surface area contributed by atoms with E-state index in [9.17, 15) is 8.42 Å². The zero-order valence-electron chi connectivity index (χ0n) is 13.3. The van der Waals surface area contributed by atoms with Gasteiger partial charge in [-0.25, -0.2) is 8.42 Å². The van der Waals surface area contributed by atoms with Crippen LogP contribution in [0.2, 0.25) is 5.02 Å². The highest BCUT2D eigenvalue weighted by molar-refractivity contribution is 7.92. The third-order valence-electron chi connectivity index (χ3n) is 3.52. The van der Waals surface area contributed by atoms with Crippen molar-refractivity contribution in [2.45, 2.75) is 11.8 Å². The molecule has 2 rings (SSSR count). The first-order valence-corrected chi connectivity index (χ1v) is 8.60. The van der Waals surface area contributed by atoms with Crippen LogP contribution in [0.3, 0.4) is 0 Å². The zero-order chi connectivity index (χ0) is 17.2. The van der Waals surface area contributed by atoms with E-state index in [2.05, 4.69) is 0 Å². The van der Waals surface area contributed by atoms with Gasteiger partial charge in [-0.3, -0.25) is 4.31 Å². The van der Waals surface area contributed by atoms with Crippen LogP contribution in [0.1, 0.15) is 5.56 Å². The minimum absolute atomic E-state index is 0.185. The van der Waals surface area contributed by atoms with Gasteiger partial charge in [0.2, 0.25) is 0 Å². The van der Waals surface area contributed by atoms with E-state index < -0.39 is 10.0 Å². The molecule has 0 spiro atoms. The molecule has 2 aromatic rings. The lowest BCUT2D eigenvalue weighted by atomic mass is 10.2. The van der Waals surface area contributed by atoms with Crippen molar-refractivity contribution < 1.29 is 17.9 Å². The average molecular weight is 356 g/mol. The second kappa shape index (κ2) is 6.68. The quantitative estimate of drug-likeness (QED) is 0.823. The van der Waals surface area contributed by atoms with Crippen molar-refractivity contribution in [3.63, 3.8) is 0 Å². The first kappa shape index (κ1) is 17.4. The number of rotatable bonds is 5. The van der Waals surface area contributed by atoms with Crippen molar-refractivity contribution in [3.05, 3.63) is 47.0 Å². The number of hydrogen-bond donors (Lipinski definition) is 0. The Morgan fingerprint density at radius 1 is 1.00 bits per heavy atom. The minimum Gasteiger partial charge on any atom is -0.496 e. The summed E-state index contributed by atoms with van der Waals surface area (Å²) in [5.74, 6) is 1.13. The summed E-state index contributed by atoms with van der Waals surface area (Å²) in [6.45, 7) is 1.79. The summed E-state index contributed by atoms with van der Waals surface area (Å²) in [6, 6.07) is 9.55. The van der Waals surface area contributed by atoms with Crippen molar-refractivity contribution in [1.82, 2.24) is 0 Å². The molecule has 7 heteroatoms. The highest BCUT2D eigenvalue weighted by atomic mass is 35.5. The van der Waals surface area contributed by atoms with Gasteiger partial charge in [0.05, 0.1) is 29.8 Å². The van der Waals surface area contributed by atoms with Gasteiger partial charge < -0.3 is 9.47 Å². The number of sulfonamides is 1. The van der Waals surface area contributed by atoms with Crippen LogP contribution in [0, 0.1) is 6.92 Å². The number of halogens is 1. The molecule has 23 heavy (non-hydrogen) atoms. The number of methoxy groups -OCH3 is 2. The number of anilines is 1. The van der Waals surface area contributed by atoms with Gasteiger partial charge in [0.25, 0.3) is 10.0 Å². The van der Waals surface area contributed by atoms with Crippen LogP contribution in [0.5, 0.6) is 11.5 Å². The first-order chi connectivity index (χ1) is 10.8. The molecule has 0 bridgehead atoms. The number of benzene rings is 2. The van der Waals surface area contributed by atoms with Gasteiger partial charge in [0, 0.05) is 7.05 Å². The van der Waals surface area contributed by atoms with Crippen molar-refractivity contribution in [2.24, 2.45) is 0 Å². The van der Waals surface area contributed by atoms with Crippen molar-refractivity contribution in [3.8, 4) is 11.5 Å². The van der Waals surface area contributed by atoms with Crippen LogP contribution < -0.4 is 13.8 Å². The lowest BCUT2D eigenvalue weighted by Crippen LogP contribution is -2.26. The highest BCUT2D eigenvalue weighted by Gasteiger charge is 2.22. The Labute approximate surface area is 141 Å². The molecule has 0 saturated carbocycles. The van der Waals surface area contributed by atoms with Crippen LogP contribution in [0.4, 0.5) is 5.69 Å². The van der Waals surface area contributed by atoms with Crippen molar-refractivity contribution >= 4 is 27.3 Å². The molecule has 0 saturated heterocycles. The fourth-order valence-electron chi connectivity index (χ4n) is 2.16. The van der Waals surface area contributed by atoms with Gasteiger partial charge in [-0.1, -0.05) is 11.6 Å². The molecular formula is C16H18ClNO4S. The fourth-order valence-corrected chi connectivity index (χ4v) is 3.68. The van der Waals surface area contributed by atoms with Crippen molar-refractivity contribution in [1.29, 1.82) is 0 Å². The molecule has 0 fully saturated rings. The van der Waals surface area contributed by atoms with Crippen LogP contribution >= 0.6 is 11.6 Å². The van der Waals surface area contributed by atoms with Crippen LogP contribution in [-0.2, 0) is 10.0 Å². The SMILES string of the molecule is COc1ccc(S(=O)(=O)N(C)c2ccc(OC)c(Cl)c2)cc1C. The molecule has 5 nitrogen and oxygen atoms in total. The molecule has 0 atom stereocenters. The molecule has 0 unspecified atom stereocenters. The number of nitrogens with zero attached hydrogens (tertiary/aromatic N) is 1. The largest absolute Gasteiger partial charge is 0.496 e. The average Bonchev–Trinajstić information content (AvgIpc) is 2.53. The minimum atomic E-state index is -3.70. The van der Waals surface area contributed by atoms with Crippen LogP contribution in [0.15, 0.2) is 41.3 Å². The summed E-state index contributed by atoms with van der Waals surface area (Å²) in [4.78, 5) is 0.185. The fraction of sp³-hybridized carbons (Fsp3) is 0.250. The number of ether oxygens (including phenoxy) is 2. The molecule has 0 N–H and O–H groups in total. The Bertz CT molecular complexity index is 821. The van der Waals surface area contributed by atoms with E-state index in [1.165, 1.54) is 24.5 Å². The third kappa shape index (κ3) is 3.38. The molecule has 0 aliphatic rings. The monoisotopic (exact) mass is 355 g/mol. The van der Waals surface area contributed by atoms with Crippen molar-refractivity contribution in [2.75, 3.05) is 25.6 Å². The zero-order valence-corrected chi connectivity index (χ0v) is 14.9. The maximum absolute atomic E-state index is 12.8. The van der Waals surface area contributed by atoms with Crippen LogP contribution in [0.25, 0.3) is 0 Å². The smallest absolute Gasteiger partial charge is 0.264 e. The molecule has 0 aromatic heterocycles. The second-order valence-corrected chi connectivity index (χ2v) is 7.30. The summed E-state index contributed by atoms with van der Waals surface area (Å²) in [5.41, 5.74) is 1.19. The van der Waals surface area contributed by atoms with Crippen LogP contribution in [-0.4, -0.2) is 29.7 Å². The van der Waals surface area contributed by atoms with Gasteiger partial charge in [0.1, 0.15) is 11.5 Å². The van der Waals surface area contributed by atoms with E-state index in [4.69, 9.17) is 21.1 Å². The molecule has 2 aromatic carbocycles. The Kier molecular flexibility index (Phi) is 5.06. The Hall–Kier alpha value is -1.92.